The van der Waals surface area contributed by atoms with Crippen LogP contribution in [-0.4, -0.2) is 54.8 Å². The van der Waals surface area contributed by atoms with Gasteiger partial charge >= 0.3 is 0 Å². The van der Waals surface area contributed by atoms with Crippen molar-refractivity contribution in [1.29, 1.82) is 0 Å². The summed E-state index contributed by atoms with van der Waals surface area (Å²) in [5.74, 6) is -0.871. The quantitative estimate of drug-likeness (QED) is 0.933. The summed E-state index contributed by atoms with van der Waals surface area (Å²) in [5, 5.41) is 2.76. The van der Waals surface area contributed by atoms with Crippen molar-refractivity contribution in [3.05, 3.63) is 65.5 Å². The molecular formula is C19H20FN3O2. The number of amides is 2. The molecule has 1 fully saturated rings. The van der Waals surface area contributed by atoms with Gasteiger partial charge in [-0.05, 0) is 43.4 Å². The number of rotatable bonds is 3. The van der Waals surface area contributed by atoms with Crippen LogP contribution in [0.5, 0.6) is 0 Å². The first kappa shape index (κ1) is 17.1. The maximum absolute atomic E-state index is 13.0. The first-order valence-corrected chi connectivity index (χ1v) is 8.18. The molecule has 0 aliphatic carbocycles. The Morgan fingerprint density at radius 2 is 1.60 bits per heavy atom. The molecule has 25 heavy (non-hydrogen) atoms. The summed E-state index contributed by atoms with van der Waals surface area (Å²) >= 11 is 0. The zero-order valence-electron chi connectivity index (χ0n) is 14.0. The largest absolute Gasteiger partial charge is 0.336 e. The van der Waals surface area contributed by atoms with Gasteiger partial charge in [-0.15, -0.1) is 0 Å². The Balaban J connectivity index is 1.77. The fraction of sp³-hybridized carbons (Fsp3) is 0.263. The lowest BCUT2D eigenvalue weighted by molar-refractivity contribution is 0.0665. The van der Waals surface area contributed by atoms with Crippen LogP contribution in [0.25, 0.3) is 0 Å². The number of piperazine rings is 1. The van der Waals surface area contributed by atoms with Gasteiger partial charge in [0.1, 0.15) is 5.82 Å². The molecule has 1 aliphatic heterocycles. The second-order valence-corrected chi connectivity index (χ2v) is 6.10. The summed E-state index contributed by atoms with van der Waals surface area (Å²) < 4.78 is 13.0. The van der Waals surface area contributed by atoms with E-state index in [0.717, 1.165) is 13.1 Å². The SMILES string of the molecule is CN1CCN(C(=O)c2ccccc2NC(=O)c2ccc(F)cc2)CC1. The number of anilines is 1. The van der Waals surface area contributed by atoms with E-state index in [2.05, 4.69) is 10.2 Å². The van der Waals surface area contributed by atoms with Gasteiger partial charge in [-0.2, -0.15) is 0 Å². The topological polar surface area (TPSA) is 52.6 Å². The highest BCUT2D eigenvalue weighted by molar-refractivity contribution is 6.09. The summed E-state index contributed by atoms with van der Waals surface area (Å²) in [6, 6.07) is 12.2. The summed E-state index contributed by atoms with van der Waals surface area (Å²) in [7, 11) is 2.03. The van der Waals surface area contributed by atoms with Gasteiger partial charge in [-0.1, -0.05) is 12.1 Å². The second kappa shape index (κ2) is 7.44. The summed E-state index contributed by atoms with van der Waals surface area (Å²) in [4.78, 5) is 29.1. The van der Waals surface area contributed by atoms with E-state index in [1.54, 1.807) is 29.2 Å². The highest BCUT2D eigenvalue weighted by atomic mass is 19.1. The molecule has 1 aliphatic rings. The minimum absolute atomic E-state index is 0.0943. The Kier molecular flexibility index (Phi) is 5.09. The number of benzene rings is 2. The van der Waals surface area contributed by atoms with Crippen LogP contribution in [-0.2, 0) is 0 Å². The van der Waals surface area contributed by atoms with E-state index >= 15 is 0 Å². The molecule has 0 bridgehead atoms. The van der Waals surface area contributed by atoms with Crippen molar-refractivity contribution in [2.45, 2.75) is 0 Å². The number of hydrogen-bond donors (Lipinski definition) is 1. The number of hydrogen-bond acceptors (Lipinski definition) is 3. The Hall–Kier alpha value is -2.73. The first-order valence-electron chi connectivity index (χ1n) is 8.18. The van der Waals surface area contributed by atoms with Gasteiger partial charge in [0.05, 0.1) is 11.3 Å². The lowest BCUT2D eigenvalue weighted by Gasteiger charge is -2.32. The van der Waals surface area contributed by atoms with Crippen molar-refractivity contribution in [2.75, 3.05) is 38.5 Å². The fourth-order valence-electron chi connectivity index (χ4n) is 2.75. The van der Waals surface area contributed by atoms with Crippen molar-refractivity contribution in [1.82, 2.24) is 9.80 Å². The van der Waals surface area contributed by atoms with Crippen molar-refractivity contribution >= 4 is 17.5 Å². The number of nitrogens with one attached hydrogen (secondary N) is 1. The highest BCUT2D eigenvalue weighted by Gasteiger charge is 2.23. The van der Waals surface area contributed by atoms with Crippen LogP contribution >= 0.6 is 0 Å². The Morgan fingerprint density at radius 3 is 2.28 bits per heavy atom. The van der Waals surface area contributed by atoms with E-state index < -0.39 is 5.82 Å². The molecule has 2 amide bonds. The fourth-order valence-corrected chi connectivity index (χ4v) is 2.75. The smallest absolute Gasteiger partial charge is 0.256 e. The minimum atomic E-state index is -0.401. The molecule has 0 atom stereocenters. The predicted molar refractivity (Wildman–Crippen MR) is 94.2 cm³/mol. The Morgan fingerprint density at radius 1 is 0.960 bits per heavy atom. The zero-order chi connectivity index (χ0) is 17.8. The molecule has 6 heteroatoms. The average Bonchev–Trinajstić information content (AvgIpc) is 2.63. The van der Waals surface area contributed by atoms with E-state index in [9.17, 15) is 14.0 Å². The number of nitrogens with zero attached hydrogens (tertiary/aromatic N) is 2. The maximum atomic E-state index is 13.0. The predicted octanol–water partition coefficient (Wildman–Crippen LogP) is 2.47. The molecule has 1 heterocycles. The van der Waals surface area contributed by atoms with Crippen LogP contribution < -0.4 is 5.32 Å². The molecule has 3 rings (SSSR count). The molecule has 5 nitrogen and oxygen atoms in total. The molecule has 0 spiro atoms. The van der Waals surface area contributed by atoms with Gasteiger partial charge in [0, 0.05) is 31.7 Å². The standard InChI is InChI=1S/C19H20FN3O2/c1-22-10-12-23(13-11-22)19(25)16-4-2-3-5-17(16)21-18(24)14-6-8-15(20)9-7-14/h2-9H,10-13H2,1H3,(H,21,24). The molecule has 1 N–H and O–H groups in total. The highest BCUT2D eigenvalue weighted by Crippen LogP contribution is 2.19. The Labute approximate surface area is 146 Å². The number of carbonyl (C=O) groups excluding carboxylic acids is 2. The van der Waals surface area contributed by atoms with Crippen LogP contribution in [0.1, 0.15) is 20.7 Å². The van der Waals surface area contributed by atoms with Gasteiger partial charge in [0.25, 0.3) is 11.8 Å². The van der Waals surface area contributed by atoms with Crippen molar-refractivity contribution in [2.24, 2.45) is 0 Å². The average molecular weight is 341 g/mol. The van der Waals surface area contributed by atoms with Crippen molar-refractivity contribution < 1.29 is 14.0 Å². The number of halogens is 1. The third-order valence-corrected chi connectivity index (χ3v) is 4.30. The second-order valence-electron chi connectivity index (χ2n) is 6.10. The number of carbonyl (C=O) groups is 2. The van der Waals surface area contributed by atoms with Crippen LogP contribution in [0.15, 0.2) is 48.5 Å². The maximum Gasteiger partial charge on any atom is 0.256 e. The van der Waals surface area contributed by atoms with Crippen LogP contribution in [0.3, 0.4) is 0 Å². The molecule has 130 valence electrons. The van der Waals surface area contributed by atoms with E-state index in [-0.39, 0.29) is 11.8 Å². The molecule has 2 aromatic rings. The van der Waals surface area contributed by atoms with E-state index in [1.807, 2.05) is 7.05 Å². The molecule has 0 saturated carbocycles. The van der Waals surface area contributed by atoms with Crippen molar-refractivity contribution in [3.63, 3.8) is 0 Å². The van der Waals surface area contributed by atoms with Crippen LogP contribution in [0.2, 0.25) is 0 Å². The monoisotopic (exact) mass is 341 g/mol. The summed E-state index contributed by atoms with van der Waals surface area (Å²) in [6.07, 6.45) is 0. The zero-order valence-corrected chi connectivity index (χ0v) is 14.0. The number of likely N-dealkylation sites (N-methyl/N-ethyl adjacent to an activating group) is 1. The van der Waals surface area contributed by atoms with E-state index in [0.29, 0.717) is 29.9 Å². The van der Waals surface area contributed by atoms with Gasteiger partial charge in [-0.3, -0.25) is 9.59 Å². The third kappa shape index (κ3) is 4.03. The van der Waals surface area contributed by atoms with Gasteiger partial charge < -0.3 is 15.1 Å². The minimum Gasteiger partial charge on any atom is -0.336 e. The normalized spacial score (nSPS) is 15.0. The summed E-state index contributed by atoms with van der Waals surface area (Å²) in [6.45, 7) is 2.98. The number of para-hydroxylation sites is 1. The molecule has 0 unspecified atom stereocenters. The lowest BCUT2D eigenvalue weighted by atomic mass is 10.1. The van der Waals surface area contributed by atoms with Gasteiger partial charge in [-0.25, -0.2) is 4.39 Å². The molecule has 0 radical (unpaired) electrons. The molecular weight excluding hydrogens is 321 g/mol. The lowest BCUT2D eigenvalue weighted by Crippen LogP contribution is -2.47. The molecule has 1 saturated heterocycles. The molecule has 0 aromatic heterocycles. The van der Waals surface area contributed by atoms with Crippen LogP contribution in [0.4, 0.5) is 10.1 Å². The third-order valence-electron chi connectivity index (χ3n) is 4.30. The van der Waals surface area contributed by atoms with E-state index in [4.69, 9.17) is 0 Å². The van der Waals surface area contributed by atoms with Gasteiger partial charge in [0.2, 0.25) is 0 Å². The molecule has 2 aromatic carbocycles. The van der Waals surface area contributed by atoms with Crippen LogP contribution in [0, 0.1) is 5.82 Å². The first-order chi connectivity index (χ1) is 12.0. The summed E-state index contributed by atoms with van der Waals surface area (Å²) in [5.41, 5.74) is 1.26. The van der Waals surface area contributed by atoms with Gasteiger partial charge in [0.15, 0.2) is 0 Å². The van der Waals surface area contributed by atoms with Crippen molar-refractivity contribution in [3.8, 4) is 0 Å². The Bertz CT molecular complexity index is 768. The van der Waals surface area contributed by atoms with E-state index in [1.165, 1.54) is 24.3 Å².